The van der Waals surface area contributed by atoms with Gasteiger partial charge in [-0.3, -0.25) is 15.0 Å². The topological polar surface area (TPSA) is 76.5 Å². The number of ether oxygens (including phenoxy) is 2. The largest absolute Gasteiger partial charge is 0.476 e. The molecule has 2 bridgehead atoms. The first kappa shape index (κ1) is 24.2. The Labute approximate surface area is 211 Å². The molecule has 5 nitrogen and oxygen atoms in total. The molecule has 0 amide bonds. The van der Waals surface area contributed by atoms with Crippen LogP contribution in [0, 0.1) is 39.4 Å². The van der Waals surface area contributed by atoms with Crippen molar-refractivity contribution in [1.82, 2.24) is 0 Å². The minimum Gasteiger partial charge on any atom is -0.476 e. The molecule has 0 radical (unpaired) electrons. The Kier molecular flexibility index (Phi) is 5.74. The third kappa shape index (κ3) is 3.35. The number of hydrogen-bond acceptors (Lipinski definition) is 6. The highest BCUT2D eigenvalue weighted by atomic mass is 32.1. The van der Waals surface area contributed by atoms with E-state index < -0.39 is 16.2 Å². The van der Waals surface area contributed by atoms with Gasteiger partial charge in [0.05, 0.1) is 23.5 Å². The van der Waals surface area contributed by atoms with E-state index in [4.69, 9.17) is 14.9 Å². The second-order valence-electron chi connectivity index (χ2n) is 11.4. The molecule has 6 heteroatoms. The van der Waals surface area contributed by atoms with Crippen molar-refractivity contribution in [1.29, 1.82) is 5.41 Å². The summed E-state index contributed by atoms with van der Waals surface area (Å²) in [5.41, 5.74) is 0.978. The number of Topliss-reactive ketones (excluding diaryl/α,β-unsaturated/α-hetero) is 1. The summed E-state index contributed by atoms with van der Waals surface area (Å²) in [5, 5.41) is 10.4. The molecule has 0 aliphatic heterocycles. The lowest BCUT2D eigenvalue weighted by molar-refractivity contribution is -0.184. The molecule has 5 fully saturated rings. The maximum atomic E-state index is 14.3. The zero-order valence-corrected chi connectivity index (χ0v) is 21.6. The molecule has 6 atom stereocenters. The van der Waals surface area contributed by atoms with Crippen molar-refractivity contribution in [2.45, 2.75) is 52.4 Å². The lowest BCUT2D eigenvalue weighted by atomic mass is 9.34. The van der Waals surface area contributed by atoms with E-state index in [1.54, 1.807) is 0 Å². The molecule has 5 saturated carbocycles. The summed E-state index contributed by atoms with van der Waals surface area (Å²) < 4.78 is 11.9. The zero-order valence-electron chi connectivity index (χ0n) is 20.8. The van der Waals surface area contributed by atoms with Crippen molar-refractivity contribution in [2.75, 3.05) is 13.2 Å². The van der Waals surface area contributed by atoms with Gasteiger partial charge in [-0.25, -0.2) is 0 Å². The molecule has 1 N–H and O–H groups in total. The van der Waals surface area contributed by atoms with Gasteiger partial charge in [-0.2, -0.15) is 0 Å². The Morgan fingerprint density at radius 2 is 1.94 bits per heavy atom. The molecule has 1 aromatic rings. The summed E-state index contributed by atoms with van der Waals surface area (Å²) in [4.78, 5) is 27.1. The van der Waals surface area contributed by atoms with E-state index in [9.17, 15) is 9.59 Å². The van der Waals surface area contributed by atoms with E-state index in [2.05, 4.69) is 26.7 Å². The van der Waals surface area contributed by atoms with Crippen LogP contribution < -0.4 is 0 Å². The van der Waals surface area contributed by atoms with Gasteiger partial charge in [-0.15, -0.1) is 11.3 Å². The van der Waals surface area contributed by atoms with Crippen molar-refractivity contribution < 1.29 is 19.1 Å². The second kappa shape index (κ2) is 8.29. The number of esters is 1. The van der Waals surface area contributed by atoms with Gasteiger partial charge in [-0.1, -0.05) is 39.1 Å². The van der Waals surface area contributed by atoms with E-state index in [0.717, 1.165) is 54.5 Å². The predicted molar refractivity (Wildman–Crippen MR) is 137 cm³/mol. The first-order valence-corrected chi connectivity index (χ1v) is 13.5. The first-order valence-electron chi connectivity index (χ1n) is 12.6. The van der Waals surface area contributed by atoms with Crippen molar-refractivity contribution >= 4 is 29.0 Å². The molecule has 6 unspecified atom stereocenters. The number of carbonyl (C=O) groups is 2. The van der Waals surface area contributed by atoms with E-state index in [1.807, 2.05) is 17.5 Å². The van der Waals surface area contributed by atoms with Crippen LogP contribution in [0.25, 0.3) is 0 Å². The molecule has 1 spiro atoms. The summed E-state index contributed by atoms with van der Waals surface area (Å²) in [6.07, 6.45) is 5.25. The quantitative estimate of drug-likeness (QED) is 0.232. The minimum atomic E-state index is -0.692. The number of hydrogen-bond donors (Lipinski definition) is 1. The van der Waals surface area contributed by atoms with Crippen molar-refractivity contribution in [2.24, 2.45) is 34.0 Å². The summed E-state index contributed by atoms with van der Waals surface area (Å²) in [7, 11) is 0. The van der Waals surface area contributed by atoms with Gasteiger partial charge in [0, 0.05) is 23.7 Å². The molecule has 0 aromatic carbocycles. The third-order valence-corrected chi connectivity index (χ3v) is 10.5. The average Bonchev–Trinajstić information content (AvgIpc) is 3.38. The van der Waals surface area contributed by atoms with E-state index in [-0.39, 0.29) is 36.1 Å². The Hall–Kier alpha value is -2.47. The average molecular weight is 494 g/mol. The Morgan fingerprint density at radius 1 is 1.17 bits per heavy atom. The highest BCUT2D eigenvalue weighted by Gasteiger charge is 2.71. The van der Waals surface area contributed by atoms with E-state index in [1.165, 1.54) is 18.3 Å². The number of nitrogens with one attached hydrogen (secondary N) is 1. The third-order valence-electron chi connectivity index (χ3n) is 9.66. The smallest absolute Gasteiger partial charge is 0.302 e. The van der Waals surface area contributed by atoms with Crippen LogP contribution in [0.4, 0.5) is 0 Å². The molecular weight excluding hydrogens is 458 g/mol. The van der Waals surface area contributed by atoms with Crippen LogP contribution in [0.3, 0.4) is 0 Å². The molecule has 0 saturated heterocycles. The number of ketones is 1. The summed E-state index contributed by atoms with van der Waals surface area (Å²) >= 11 is 1.48. The summed E-state index contributed by atoms with van der Waals surface area (Å²) in [5.74, 6) is 0.106. The van der Waals surface area contributed by atoms with Gasteiger partial charge in [0.15, 0.2) is 5.78 Å². The zero-order chi connectivity index (χ0) is 25.2. The van der Waals surface area contributed by atoms with Crippen molar-refractivity contribution in [3.8, 4) is 0 Å². The lowest BCUT2D eigenvalue weighted by Gasteiger charge is -2.68. The van der Waals surface area contributed by atoms with Crippen LogP contribution in [-0.2, 0) is 19.1 Å². The van der Waals surface area contributed by atoms with Crippen molar-refractivity contribution in [3.05, 3.63) is 58.8 Å². The second-order valence-corrected chi connectivity index (χ2v) is 12.4. The lowest BCUT2D eigenvalue weighted by Crippen LogP contribution is -2.67. The molecule has 6 rings (SSSR count). The summed E-state index contributed by atoms with van der Waals surface area (Å²) in [6, 6.07) is 3.79. The molecule has 1 aromatic heterocycles. The highest BCUT2D eigenvalue weighted by molar-refractivity contribution is 7.12. The normalized spacial score (nSPS) is 38.1. The minimum absolute atomic E-state index is 0.0328. The highest BCUT2D eigenvalue weighted by Crippen LogP contribution is 2.73. The first-order chi connectivity index (χ1) is 16.6. The summed E-state index contributed by atoms with van der Waals surface area (Å²) in [6.45, 7) is 17.3. The standard InChI is InChI=1S/C29H35NO4S/c1-17-19(3)29-12-9-21(17)14-23(29)28(16-33-20(4)31)11-7-10-27(5,24(28)18(2)25(29)32)15-34-26(30)22-8-6-13-35-22/h6,8,13,21,23-24,30H,1-3,7,9-12,14-16H2,4-5H3. The Balaban J connectivity index is 1.57. The van der Waals surface area contributed by atoms with Crippen LogP contribution in [0.1, 0.15) is 57.2 Å². The van der Waals surface area contributed by atoms with Crippen LogP contribution in [-0.4, -0.2) is 30.9 Å². The van der Waals surface area contributed by atoms with Gasteiger partial charge < -0.3 is 9.47 Å². The van der Waals surface area contributed by atoms with Gasteiger partial charge in [-0.05, 0) is 72.1 Å². The molecule has 1 heterocycles. The molecule has 186 valence electrons. The Morgan fingerprint density at radius 3 is 2.63 bits per heavy atom. The fourth-order valence-corrected chi connectivity index (χ4v) is 8.88. The SMILES string of the molecule is C=C1C(=C)C23CCC1CC2C1(COC(C)=O)CCCC(C)(COC(=N)c2cccs2)C1C(=C)C3=O. The fraction of sp³-hybridized carbons (Fsp3) is 0.552. The number of rotatable bonds is 5. The van der Waals surface area contributed by atoms with Crippen LogP contribution in [0.5, 0.6) is 0 Å². The number of thiophene rings is 1. The van der Waals surface area contributed by atoms with E-state index >= 15 is 0 Å². The van der Waals surface area contributed by atoms with Gasteiger partial charge >= 0.3 is 5.97 Å². The van der Waals surface area contributed by atoms with Crippen LogP contribution >= 0.6 is 11.3 Å². The predicted octanol–water partition coefficient (Wildman–Crippen LogP) is 6.11. The monoisotopic (exact) mass is 493 g/mol. The van der Waals surface area contributed by atoms with Gasteiger partial charge in [0.25, 0.3) is 0 Å². The Bertz CT molecular complexity index is 1140. The van der Waals surface area contributed by atoms with Gasteiger partial charge in [0.1, 0.15) is 0 Å². The van der Waals surface area contributed by atoms with Crippen molar-refractivity contribution in [3.63, 3.8) is 0 Å². The number of allylic oxidation sites excluding steroid dienone is 3. The molecular formula is C29H35NO4S. The number of fused-ring (bicyclic) bond motifs is 3. The van der Waals surface area contributed by atoms with Gasteiger partial charge in [0.2, 0.25) is 5.90 Å². The number of carbonyl (C=O) groups excluding carboxylic acids is 2. The molecule has 35 heavy (non-hydrogen) atoms. The maximum Gasteiger partial charge on any atom is 0.302 e. The maximum absolute atomic E-state index is 14.3. The van der Waals surface area contributed by atoms with Crippen LogP contribution in [0.2, 0.25) is 0 Å². The van der Waals surface area contributed by atoms with Crippen LogP contribution in [0.15, 0.2) is 54.0 Å². The molecule has 5 aliphatic rings. The fourth-order valence-electron chi connectivity index (χ4n) is 8.25. The molecule has 5 aliphatic carbocycles. The van der Waals surface area contributed by atoms with E-state index in [0.29, 0.717) is 18.1 Å².